The summed E-state index contributed by atoms with van der Waals surface area (Å²) in [5.74, 6) is 0.875. The zero-order valence-electron chi connectivity index (χ0n) is 12.5. The van der Waals surface area contributed by atoms with E-state index in [4.69, 9.17) is 0 Å². The van der Waals surface area contributed by atoms with E-state index in [0.29, 0.717) is 0 Å². The van der Waals surface area contributed by atoms with Crippen LogP contribution in [0.1, 0.15) is 18.4 Å². The van der Waals surface area contributed by atoms with Crippen molar-refractivity contribution >= 4 is 38.7 Å². The van der Waals surface area contributed by atoms with E-state index in [0.717, 1.165) is 21.7 Å². The minimum absolute atomic E-state index is 0.875. The van der Waals surface area contributed by atoms with Crippen molar-refractivity contribution in [3.8, 4) is 0 Å². The van der Waals surface area contributed by atoms with E-state index in [1.807, 2.05) is 5.38 Å². The Hall–Kier alpha value is -2.14. The third-order valence-corrected chi connectivity index (χ3v) is 4.99. The second kappa shape index (κ2) is 5.57. The normalized spacial score (nSPS) is 14.7. The highest BCUT2D eigenvalue weighted by molar-refractivity contribution is 7.16. The van der Waals surface area contributed by atoms with Crippen molar-refractivity contribution in [1.29, 1.82) is 0 Å². The maximum atomic E-state index is 4.38. The molecular weight excluding hydrogens is 292 g/mol. The molecule has 0 atom stereocenters. The van der Waals surface area contributed by atoms with Gasteiger partial charge in [-0.25, -0.2) is 9.97 Å². The van der Waals surface area contributed by atoms with Crippen LogP contribution < -0.4 is 10.2 Å². The van der Waals surface area contributed by atoms with Crippen LogP contribution in [-0.4, -0.2) is 23.1 Å². The van der Waals surface area contributed by atoms with Gasteiger partial charge < -0.3 is 10.2 Å². The number of hydrogen-bond acceptors (Lipinski definition) is 5. The Labute approximate surface area is 133 Å². The topological polar surface area (TPSA) is 41.1 Å². The molecule has 1 N–H and O–H groups in total. The van der Waals surface area contributed by atoms with Gasteiger partial charge >= 0.3 is 0 Å². The summed E-state index contributed by atoms with van der Waals surface area (Å²) >= 11 is 1.64. The van der Waals surface area contributed by atoms with Crippen LogP contribution in [0.25, 0.3) is 10.2 Å². The van der Waals surface area contributed by atoms with Crippen molar-refractivity contribution in [2.75, 3.05) is 23.3 Å². The first-order valence-electron chi connectivity index (χ1n) is 7.62. The molecule has 1 aliphatic rings. The minimum atomic E-state index is 0.875. The summed E-state index contributed by atoms with van der Waals surface area (Å²) in [6.45, 7) is 4.53. The molecule has 0 amide bonds. The number of rotatable bonds is 3. The monoisotopic (exact) mass is 310 g/mol. The molecule has 0 spiro atoms. The quantitative estimate of drug-likeness (QED) is 0.781. The Bertz CT molecular complexity index is 805. The highest BCUT2D eigenvalue weighted by atomic mass is 32.1. The van der Waals surface area contributed by atoms with Crippen LogP contribution in [-0.2, 0) is 0 Å². The third-order valence-electron chi connectivity index (χ3n) is 4.17. The fourth-order valence-corrected chi connectivity index (χ4v) is 3.81. The number of thiophene rings is 1. The summed E-state index contributed by atoms with van der Waals surface area (Å²) in [7, 11) is 0. The number of nitrogens with zero attached hydrogens (tertiary/aromatic N) is 3. The molecule has 0 aliphatic carbocycles. The van der Waals surface area contributed by atoms with Gasteiger partial charge in [0, 0.05) is 24.5 Å². The van der Waals surface area contributed by atoms with Gasteiger partial charge in [0.25, 0.3) is 0 Å². The van der Waals surface area contributed by atoms with Crippen molar-refractivity contribution in [2.45, 2.75) is 19.8 Å². The minimum Gasteiger partial charge on any atom is -0.371 e. The smallest absolute Gasteiger partial charge is 0.142 e. The van der Waals surface area contributed by atoms with E-state index in [2.05, 4.69) is 51.4 Å². The maximum absolute atomic E-state index is 4.38. The molecule has 3 heterocycles. The second-order valence-corrected chi connectivity index (χ2v) is 6.58. The lowest BCUT2D eigenvalue weighted by molar-refractivity contribution is 0.949. The van der Waals surface area contributed by atoms with Crippen molar-refractivity contribution < 1.29 is 0 Å². The molecule has 4 nitrogen and oxygen atoms in total. The first-order chi connectivity index (χ1) is 10.8. The fourth-order valence-electron chi connectivity index (χ4n) is 3.07. The summed E-state index contributed by atoms with van der Waals surface area (Å²) < 4.78 is 0. The van der Waals surface area contributed by atoms with Gasteiger partial charge in [0.2, 0.25) is 0 Å². The molecule has 5 heteroatoms. The summed E-state index contributed by atoms with van der Waals surface area (Å²) in [6.07, 6.45) is 4.22. The molecule has 0 saturated carbocycles. The molecule has 0 bridgehead atoms. The van der Waals surface area contributed by atoms with E-state index in [1.54, 1.807) is 17.7 Å². The first kappa shape index (κ1) is 13.5. The molecule has 22 heavy (non-hydrogen) atoms. The van der Waals surface area contributed by atoms with Crippen LogP contribution in [0.2, 0.25) is 0 Å². The van der Waals surface area contributed by atoms with Gasteiger partial charge in [-0.15, -0.1) is 11.3 Å². The number of nitrogens with one attached hydrogen (secondary N) is 1. The van der Waals surface area contributed by atoms with E-state index in [-0.39, 0.29) is 0 Å². The number of anilines is 3. The highest BCUT2D eigenvalue weighted by Gasteiger charge is 2.14. The number of hydrogen-bond donors (Lipinski definition) is 1. The van der Waals surface area contributed by atoms with E-state index in [9.17, 15) is 0 Å². The molecule has 1 aliphatic heterocycles. The first-order valence-corrected chi connectivity index (χ1v) is 8.50. The Balaban J connectivity index is 1.63. The van der Waals surface area contributed by atoms with E-state index < -0.39 is 0 Å². The second-order valence-electron chi connectivity index (χ2n) is 5.68. The van der Waals surface area contributed by atoms with Crippen LogP contribution in [0.5, 0.6) is 0 Å². The lowest BCUT2D eigenvalue weighted by Crippen LogP contribution is -2.18. The number of benzene rings is 1. The zero-order chi connectivity index (χ0) is 14.9. The Kier molecular flexibility index (Phi) is 3.42. The molecule has 1 saturated heterocycles. The SMILES string of the molecule is Cc1cc(Nc2ncnc3sccc23)ccc1N1CCCC1. The summed E-state index contributed by atoms with van der Waals surface area (Å²) in [5, 5.41) is 6.55. The van der Waals surface area contributed by atoms with Gasteiger partial charge in [0.1, 0.15) is 17.0 Å². The van der Waals surface area contributed by atoms with Crippen LogP contribution in [0.3, 0.4) is 0 Å². The molecule has 4 rings (SSSR count). The predicted octanol–water partition coefficient (Wildman–Crippen LogP) is 4.34. The molecular formula is C17H18N4S. The van der Waals surface area contributed by atoms with Gasteiger partial charge in [0.15, 0.2) is 0 Å². The summed E-state index contributed by atoms with van der Waals surface area (Å²) in [4.78, 5) is 12.2. The van der Waals surface area contributed by atoms with E-state index in [1.165, 1.54) is 37.2 Å². The molecule has 0 unspecified atom stereocenters. The van der Waals surface area contributed by atoms with Gasteiger partial charge in [0.05, 0.1) is 5.39 Å². The molecule has 0 radical (unpaired) electrons. The largest absolute Gasteiger partial charge is 0.371 e. The van der Waals surface area contributed by atoms with E-state index >= 15 is 0 Å². The van der Waals surface area contributed by atoms with Crippen molar-refractivity contribution in [1.82, 2.24) is 9.97 Å². The molecule has 3 aromatic rings. The lowest BCUT2D eigenvalue weighted by atomic mass is 10.1. The summed E-state index contributed by atoms with van der Waals surface area (Å²) in [6, 6.07) is 8.62. The standard InChI is InChI=1S/C17H18N4S/c1-12-10-13(4-5-15(12)21-7-2-3-8-21)20-16-14-6-9-22-17(14)19-11-18-16/h4-6,9-11H,2-3,7-8H2,1H3,(H,18,19,20). The average molecular weight is 310 g/mol. The highest BCUT2D eigenvalue weighted by Crippen LogP contribution is 2.30. The van der Waals surface area contributed by atoms with Gasteiger partial charge in [-0.1, -0.05) is 0 Å². The zero-order valence-corrected chi connectivity index (χ0v) is 13.4. The van der Waals surface area contributed by atoms with Crippen molar-refractivity contribution in [3.05, 3.63) is 41.5 Å². The fraction of sp³-hybridized carbons (Fsp3) is 0.294. The maximum Gasteiger partial charge on any atom is 0.142 e. The molecule has 1 fully saturated rings. The van der Waals surface area contributed by atoms with Gasteiger partial charge in [-0.2, -0.15) is 0 Å². The predicted molar refractivity (Wildman–Crippen MR) is 93.3 cm³/mol. The average Bonchev–Trinajstić information content (AvgIpc) is 3.19. The van der Waals surface area contributed by atoms with Crippen LogP contribution in [0.15, 0.2) is 36.0 Å². The Morgan fingerprint density at radius 2 is 2.00 bits per heavy atom. The number of aromatic nitrogens is 2. The van der Waals surface area contributed by atoms with Crippen LogP contribution in [0.4, 0.5) is 17.2 Å². The van der Waals surface area contributed by atoms with Crippen LogP contribution in [0, 0.1) is 6.92 Å². The number of fused-ring (bicyclic) bond motifs is 1. The van der Waals surface area contributed by atoms with Gasteiger partial charge in [-0.05, 0) is 55.0 Å². The van der Waals surface area contributed by atoms with Gasteiger partial charge in [-0.3, -0.25) is 0 Å². The summed E-state index contributed by atoms with van der Waals surface area (Å²) in [5.41, 5.74) is 3.74. The van der Waals surface area contributed by atoms with Crippen molar-refractivity contribution in [3.63, 3.8) is 0 Å². The third kappa shape index (κ3) is 2.41. The molecule has 112 valence electrons. The molecule has 1 aromatic carbocycles. The lowest BCUT2D eigenvalue weighted by Gasteiger charge is -2.20. The Morgan fingerprint density at radius 3 is 2.82 bits per heavy atom. The Morgan fingerprint density at radius 1 is 1.14 bits per heavy atom. The molecule has 2 aromatic heterocycles. The number of aryl methyl sites for hydroxylation is 1. The van der Waals surface area contributed by atoms with Crippen LogP contribution >= 0.6 is 11.3 Å². The van der Waals surface area contributed by atoms with Crippen molar-refractivity contribution in [2.24, 2.45) is 0 Å².